The van der Waals surface area contributed by atoms with E-state index in [1.54, 1.807) is 0 Å². The maximum absolute atomic E-state index is 2.43. The van der Waals surface area contributed by atoms with Gasteiger partial charge in [-0.3, -0.25) is 0 Å². The Morgan fingerprint density at radius 3 is 1.65 bits per heavy atom. The van der Waals surface area contributed by atoms with Gasteiger partial charge in [0, 0.05) is 27.9 Å². The molecule has 1 heteroatoms. The third-order valence-corrected chi connectivity index (χ3v) is 11.8. The van der Waals surface area contributed by atoms with E-state index in [0.717, 1.165) is 11.4 Å². The summed E-state index contributed by atoms with van der Waals surface area (Å²) in [5.41, 5.74) is 16.7. The largest absolute Gasteiger partial charge is 0.310 e. The van der Waals surface area contributed by atoms with Gasteiger partial charge in [-0.05, 0) is 126 Å². The highest BCUT2D eigenvalue weighted by Gasteiger charge is 2.36. The van der Waals surface area contributed by atoms with Crippen molar-refractivity contribution in [3.8, 4) is 33.4 Å². The van der Waals surface area contributed by atoms with Crippen LogP contribution in [0.15, 0.2) is 164 Å². The van der Waals surface area contributed by atoms with Gasteiger partial charge in [-0.2, -0.15) is 0 Å². The predicted octanol–water partition coefficient (Wildman–Crippen LogP) is 13.7. The molecule has 2 aliphatic carbocycles. The van der Waals surface area contributed by atoms with Gasteiger partial charge >= 0.3 is 0 Å². The maximum Gasteiger partial charge on any atom is 0.0465 e. The third kappa shape index (κ3) is 4.41. The lowest BCUT2D eigenvalue weighted by molar-refractivity contribution is 0.660. The molecule has 0 amide bonds. The second-order valence-electron chi connectivity index (χ2n) is 15.4. The highest BCUT2D eigenvalue weighted by atomic mass is 15.1. The molecule has 0 radical (unpaired) electrons. The van der Waals surface area contributed by atoms with Crippen LogP contribution in [0.1, 0.15) is 49.9 Å². The molecule has 1 nitrogen and oxygen atoms in total. The highest BCUT2D eigenvalue weighted by Crippen LogP contribution is 2.52. The molecule has 0 saturated heterocycles. The minimum absolute atomic E-state index is 0.0201. The van der Waals surface area contributed by atoms with E-state index in [1.807, 2.05) is 0 Å². The zero-order valence-electron chi connectivity index (χ0n) is 29.5. The molecule has 10 rings (SSSR count). The van der Waals surface area contributed by atoms with Gasteiger partial charge in [-0.25, -0.2) is 0 Å². The summed E-state index contributed by atoms with van der Waals surface area (Å²) in [4.78, 5) is 2.38. The van der Waals surface area contributed by atoms with Crippen molar-refractivity contribution in [2.45, 2.75) is 38.5 Å². The molecule has 0 saturated carbocycles. The van der Waals surface area contributed by atoms with Crippen molar-refractivity contribution in [1.29, 1.82) is 0 Å². The maximum atomic E-state index is 2.43. The van der Waals surface area contributed by atoms with Gasteiger partial charge in [-0.1, -0.05) is 143 Å². The van der Waals surface area contributed by atoms with Crippen molar-refractivity contribution in [1.82, 2.24) is 0 Å². The molecule has 0 aliphatic heterocycles. The molecular formula is C50H39N. The van der Waals surface area contributed by atoms with Crippen molar-refractivity contribution >= 4 is 38.6 Å². The second kappa shape index (κ2) is 10.8. The number of hydrogen-bond acceptors (Lipinski definition) is 1. The van der Waals surface area contributed by atoms with Crippen LogP contribution < -0.4 is 4.90 Å². The SMILES string of the molecule is CC1(C)c2ccccc2-c2ccc(N(c3ccccc3)c3ccc(-c4ccc(-c5cc6c7c(ccc8cccc(c87)C6(C)C)c5)cc4)cc3)cc21. The van der Waals surface area contributed by atoms with Crippen LogP contribution in [0.4, 0.5) is 17.1 Å². The number of para-hydroxylation sites is 1. The monoisotopic (exact) mass is 653 g/mol. The number of rotatable bonds is 5. The Morgan fingerprint density at radius 1 is 0.333 bits per heavy atom. The first-order chi connectivity index (χ1) is 24.8. The predicted molar refractivity (Wildman–Crippen MR) is 217 cm³/mol. The van der Waals surface area contributed by atoms with Gasteiger partial charge in [0.25, 0.3) is 0 Å². The van der Waals surface area contributed by atoms with E-state index in [0.29, 0.717) is 0 Å². The van der Waals surface area contributed by atoms with Crippen molar-refractivity contribution in [3.63, 3.8) is 0 Å². The summed E-state index contributed by atoms with van der Waals surface area (Å²) in [7, 11) is 0. The smallest absolute Gasteiger partial charge is 0.0465 e. The molecule has 0 fully saturated rings. The van der Waals surface area contributed by atoms with Crippen molar-refractivity contribution in [2.75, 3.05) is 4.90 Å². The van der Waals surface area contributed by atoms with Crippen LogP contribution >= 0.6 is 0 Å². The molecule has 8 aromatic rings. The number of hydrogen-bond donors (Lipinski definition) is 0. The minimum Gasteiger partial charge on any atom is -0.310 e. The summed E-state index contributed by atoms with van der Waals surface area (Å²) in [6, 6.07) is 60.8. The molecule has 0 spiro atoms. The minimum atomic E-state index is -0.0569. The molecule has 8 aromatic carbocycles. The normalized spacial score (nSPS) is 14.6. The average Bonchev–Trinajstić information content (AvgIpc) is 3.55. The summed E-state index contributed by atoms with van der Waals surface area (Å²) in [6.07, 6.45) is 0. The Hall–Kier alpha value is -5.92. The molecule has 0 N–H and O–H groups in total. The van der Waals surface area contributed by atoms with Crippen LogP contribution in [-0.2, 0) is 10.8 Å². The number of anilines is 3. The van der Waals surface area contributed by atoms with Gasteiger partial charge in [0.15, 0.2) is 0 Å². The van der Waals surface area contributed by atoms with E-state index in [9.17, 15) is 0 Å². The zero-order valence-corrected chi connectivity index (χ0v) is 29.5. The fourth-order valence-corrected chi connectivity index (χ4v) is 9.08. The van der Waals surface area contributed by atoms with Gasteiger partial charge in [0.2, 0.25) is 0 Å². The van der Waals surface area contributed by atoms with Crippen LogP contribution in [0.2, 0.25) is 0 Å². The first-order valence-corrected chi connectivity index (χ1v) is 18.1. The molecule has 0 bridgehead atoms. The Morgan fingerprint density at radius 2 is 0.882 bits per heavy atom. The molecule has 2 aliphatic rings. The number of nitrogens with zero attached hydrogens (tertiary/aromatic N) is 1. The van der Waals surface area contributed by atoms with E-state index in [1.165, 1.54) is 82.9 Å². The molecule has 244 valence electrons. The lowest BCUT2D eigenvalue weighted by atomic mass is 9.81. The molecule has 0 unspecified atom stereocenters. The average molecular weight is 654 g/mol. The molecule has 0 heterocycles. The third-order valence-electron chi connectivity index (χ3n) is 11.8. The van der Waals surface area contributed by atoms with Crippen LogP contribution in [-0.4, -0.2) is 0 Å². The summed E-state index contributed by atoms with van der Waals surface area (Å²) in [6.45, 7) is 9.44. The molecule has 0 aromatic heterocycles. The van der Waals surface area contributed by atoms with Crippen molar-refractivity contribution in [3.05, 3.63) is 186 Å². The van der Waals surface area contributed by atoms with Crippen molar-refractivity contribution in [2.24, 2.45) is 0 Å². The Balaban J connectivity index is 0.986. The molecule has 51 heavy (non-hydrogen) atoms. The summed E-state index contributed by atoms with van der Waals surface area (Å²) < 4.78 is 0. The number of benzene rings is 8. The summed E-state index contributed by atoms with van der Waals surface area (Å²) in [5, 5.41) is 5.51. The lowest BCUT2D eigenvalue weighted by Crippen LogP contribution is -2.16. The van der Waals surface area contributed by atoms with E-state index in [-0.39, 0.29) is 10.8 Å². The fraction of sp³-hybridized carbons (Fsp3) is 0.120. The van der Waals surface area contributed by atoms with E-state index < -0.39 is 0 Å². The van der Waals surface area contributed by atoms with Gasteiger partial charge in [0.05, 0.1) is 0 Å². The fourth-order valence-electron chi connectivity index (χ4n) is 9.08. The van der Waals surface area contributed by atoms with Crippen LogP contribution in [0.5, 0.6) is 0 Å². The van der Waals surface area contributed by atoms with Crippen LogP contribution in [0, 0.1) is 0 Å². The molecule has 0 atom stereocenters. The second-order valence-corrected chi connectivity index (χ2v) is 15.4. The van der Waals surface area contributed by atoms with Crippen LogP contribution in [0.25, 0.3) is 54.9 Å². The first-order valence-electron chi connectivity index (χ1n) is 18.1. The molecular weight excluding hydrogens is 615 g/mol. The Labute approximate surface area is 300 Å². The highest BCUT2D eigenvalue weighted by molar-refractivity contribution is 6.15. The topological polar surface area (TPSA) is 3.24 Å². The summed E-state index contributed by atoms with van der Waals surface area (Å²) in [5.74, 6) is 0. The first kappa shape index (κ1) is 29.9. The standard InChI is InChI=1S/C50H39N/c1-49(2)43-15-9-8-14-41(43)42-28-27-40(31-45(42)49)51(38-12-6-5-7-13-38)39-25-23-33(24-26-39)32-17-19-34(20-18-32)37-29-36-22-21-35-11-10-16-44-47(35)48(36)46(30-37)50(44,3)4/h5-31H,1-4H3. The van der Waals surface area contributed by atoms with Crippen LogP contribution in [0.3, 0.4) is 0 Å². The quantitative estimate of drug-likeness (QED) is 0.167. The lowest BCUT2D eigenvalue weighted by Gasteiger charge is -2.28. The summed E-state index contributed by atoms with van der Waals surface area (Å²) >= 11 is 0. The van der Waals surface area contributed by atoms with E-state index in [2.05, 4.69) is 196 Å². The van der Waals surface area contributed by atoms with E-state index in [4.69, 9.17) is 0 Å². The van der Waals surface area contributed by atoms with Gasteiger partial charge < -0.3 is 4.90 Å². The van der Waals surface area contributed by atoms with Gasteiger partial charge in [0.1, 0.15) is 0 Å². The zero-order chi connectivity index (χ0) is 34.5. The van der Waals surface area contributed by atoms with Gasteiger partial charge in [-0.15, -0.1) is 0 Å². The number of fused-ring (bicyclic) bond motifs is 3. The van der Waals surface area contributed by atoms with E-state index >= 15 is 0 Å². The Kier molecular flexibility index (Phi) is 6.34. The Bertz CT molecular complexity index is 2660. The van der Waals surface area contributed by atoms with Crippen molar-refractivity contribution < 1.29 is 0 Å².